The van der Waals surface area contributed by atoms with Crippen LogP contribution >= 0.6 is 23.2 Å². The van der Waals surface area contributed by atoms with Crippen molar-refractivity contribution in [3.05, 3.63) is 27.7 Å². The van der Waals surface area contributed by atoms with Crippen LogP contribution in [-0.2, 0) is 14.8 Å². The van der Waals surface area contributed by atoms with Gasteiger partial charge in [0.2, 0.25) is 10.0 Å². The first kappa shape index (κ1) is 14.2. The number of benzene rings is 1. The van der Waals surface area contributed by atoms with Gasteiger partial charge in [0.25, 0.3) is 0 Å². The number of halogens is 2. The summed E-state index contributed by atoms with van der Waals surface area (Å²) in [7, 11) is -3.96. The molecule has 0 fully saturated rings. The number of sulfonamides is 1. The molecule has 1 rings (SSSR count). The van der Waals surface area contributed by atoms with Crippen molar-refractivity contribution >= 4 is 39.2 Å². The molecule has 2 N–H and O–H groups in total. The summed E-state index contributed by atoms with van der Waals surface area (Å²) >= 11 is 11.5. The third kappa shape index (κ3) is 3.32. The Morgan fingerprint density at radius 1 is 1.41 bits per heavy atom. The van der Waals surface area contributed by atoms with Crippen molar-refractivity contribution in [3.63, 3.8) is 0 Å². The largest absolute Gasteiger partial charge is 0.462 e. The van der Waals surface area contributed by atoms with Gasteiger partial charge in [-0.1, -0.05) is 23.2 Å². The molecule has 5 nitrogen and oxygen atoms in total. The molecule has 0 heterocycles. The Kier molecular flexibility index (Phi) is 4.37. The van der Waals surface area contributed by atoms with Crippen molar-refractivity contribution < 1.29 is 17.9 Å². The number of carbonyl (C=O) groups is 1. The van der Waals surface area contributed by atoms with Gasteiger partial charge in [0.1, 0.15) is 0 Å². The van der Waals surface area contributed by atoms with Gasteiger partial charge in [0.05, 0.1) is 27.1 Å². The van der Waals surface area contributed by atoms with E-state index in [1.165, 1.54) is 0 Å². The monoisotopic (exact) mass is 297 g/mol. The predicted molar refractivity (Wildman–Crippen MR) is 63.8 cm³/mol. The molecule has 0 amide bonds. The van der Waals surface area contributed by atoms with Gasteiger partial charge in [-0.05, 0) is 19.1 Å². The zero-order valence-electron chi connectivity index (χ0n) is 8.74. The molecule has 0 saturated carbocycles. The molecule has 0 aliphatic rings. The molecule has 0 aromatic heterocycles. The van der Waals surface area contributed by atoms with Crippen molar-refractivity contribution in [1.29, 1.82) is 0 Å². The van der Waals surface area contributed by atoms with E-state index in [1.807, 2.05) is 0 Å². The van der Waals surface area contributed by atoms with Crippen LogP contribution < -0.4 is 5.14 Å². The topological polar surface area (TPSA) is 86.5 Å². The van der Waals surface area contributed by atoms with Crippen molar-refractivity contribution in [2.45, 2.75) is 11.8 Å². The maximum atomic E-state index is 11.5. The van der Waals surface area contributed by atoms with E-state index in [-0.39, 0.29) is 27.1 Å². The summed E-state index contributed by atoms with van der Waals surface area (Å²) < 4.78 is 27.0. The first-order valence-corrected chi connectivity index (χ1v) is 6.76. The summed E-state index contributed by atoms with van der Waals surface area (Å²) in [6.45, 7) is 1.74. The molecule has 0 bridgehead atoms. The van der Waals surface area contributed by atoms with Crippen molar-refractivity contribution in [1.82, 2.24) is 0 Å². The lowest BCUT2D eigenvalue weighted by Gasteiger charge is -2.07. The number of hydrogen-bond acceptors (Lipinski definition) is 4. The first-order valence-electron chi connectivity index (χ1n) is 4.46. The lowest BCUT2D eigenvalue weighted by atomic mass is 10.2. The lowest BCUT2D eigenvalue weighted by Crippen LogP contribution is -2.14. The van der Waals surface area contributed by atoms with E-state index >= 15 is 0 Å². The molecular formula is C9H9Cl2NO4S. The third-order valence-corrected chi connectivity index (χ3v) is 3.52. The minimum Gasteiger partial charge on any atom is -0.462 e. The van der Waals surface area contributed by atoms with Crippen LogP contribution in [0.5, 0.6) is 0 Å². The smallest absolute Gasteiger partial charge is 0.339 e. The highest BCUT2D eigenvalue weighted by molar-refractivity contribution is 7.89. The van der Waals surface area contributed by atoms with E-state index in [1.54, 1.807) is 6.92 Å². The van der Waals surface area contributed by atoms with Crippen molar-refractivity contribution in [2.75, 3.05) is 6.61 Å². The SMILES string of the molecule is CCOC(=O)c1cc(S(N)(=O)=O)cc(Cl)c1Cl. The van der Waals surface area contributed by atoms with Gasteiger partial charge in [0, 0.05) is 0 Å². The summed E-state index contributed by atoms with van der Waals surface area (Å²) in [6, 6.07) is 2.10. The minimum atomic E-state index is -3.96. The number of hydrogen-bond donors (Lipinski definition) is 1. The zero-order valence-corrected chi connectivity index (χ0v) is 11.1. The van der Waals surface area contributed by atoms with Crippen LogP contribution in [0.3, 0.4) is 0 Å². The molecule has 0 aliphatic heterocycles. The fourth-order valence-corrected chi connectivity index (χ4v) is 2.12. The summed E-state index contributed by atoms with van der Waals surface area (Å²) in [5.74, 6) is -0.759. The first-order chi connectivity index (χ1) is 7.77. The van der Waals surface area contributed by atoms with Gasteiger partial charge < -0.3 is 4.74 Å². The van der Waals surface area contributed by atoms with Crippen molar-refractivity contribution in [3.8, 4) is 0 Å². The molecular weight excluding hydrogens is 289 g/mol. The van der Waals surface area contributed by atoms with Gasteiger partial charge in [-0.2, -0.15) is 0 Å². The molecule has 0 unspecified atom stereocenters. The van der Waals surface area contributed by atoms with Crippen LogP contribution in [-0.4, -0.2) is 21.0 Å². The summed E-state index contributed by atoms with van der Waals surface area (Å²) in [6.07, 6.45) is 0. The normalized spacial score (nSPS) is 11.3. The molecule has 1 aromatic rings. The minimum absolute atomic E-state index is 0.0717. The van der Waals surface area contributed by atoms with E-state index in [0.29, 0.717) is 0 Å². The Bertz CT molecular complexity index is 556. The quantitative estimate of drug-likeness (QED) is 0.862. The average molecular weight is 298 g/mol. The van der Waals surface area contributed by atoms with Crippen LogP contribution in [0.1, 0.15) is 17.3 Å². The fraction of sp³-hybridized carbons (Fsp3) is 0.222. The van der Waals surface area contributed by atoms with Crippen LogP contribution in [0.25, 0.3) is 0 Å². The number of rotatable bonds is 3. The van der Waals surface area contributed by atoms with E-state index < -0.39 is 16.0 Å². The number of esters is 1. The fourth-order valence-electron chi connectivity index (χ4n) is 1.09. The highest BCUT2D eigenvalue weighted by atomic mass is 35.5. The Morgan fingerprint density at radius 2 is 2.00 bits per heavy atom. The second-order valence-corrected chi connectivity index (χ2v) is 5.38. The van der Waals surface area contributed by atoms with E-state index in [9.17, 15) is 13.2 Å². The maximum absolute atomic E-state index is 11.5. The van der Waals surface area contributed by atoms with Crippen molar-refractivity contribution in [2.24, 2.45) is 5.14 Å². The molecule has 0 spiro atoms. The zero-order chi connectivity index (χ0) is 13.2. The van der Waals surface area contributed by atoms with Gasteiger partial charge in [-0.3, -0.25) is 0 Å². The highest BCUT2D eigenvalue weighted by Crippen LogP contribution is 2.29. The molecule has 17 heavy (non-hydrogen) atoms. The number of ether oxygens (including phenoxy) is 1. The number of carbonyl (C=O) groups excluding carboxylic acids is 1. The molecule has 0 saturated heterocycles. The van der Waals surface area contributed by atoms with E-state index in [4.69, 9.17) is 33.1 Å². The number of primary sulfonamides is 1. The average Bonchev–Trinajstić information content (AvgIpc) is 2.20. The third-order valence-electron chi connectivity index (χ3n) is 1.83. The Hall–Kier alpha value is -0.820. The standard InChI is InChI=1S/C9H9Cl2NO4S/c1-2-16-9(13)6-3-5(17(12,14)15)4-7(10)8(6)11/h3-4H,2H2,1H3,(H2,12,14,15). The summed E-state index contributed by atoms with van der Waals surface area (Å²) in [4.78, 5) is 11.2. The van der Waals surface area contributed by atoms with Gasteiger partial charge in [-0.25, -0.2) is 18.4 Å². The molecule has 0 radical (unpaired) electrons. The molecule has 0 aliphatic carbocycles. The second kappa shape index (κ2) is 5.22. The van der Waals surface area contributed by atoms with Crippen LogP contribution in [0.15, 0.2) is 17.0 Å². The Labute approximate surface area is 109 Å². The second-order valence-electron chi connectivity index (χ2n) is 3.03. The lowest BCUT2D eigenvalue weighted by molar-refractivity contribution is 0.0526. The number of nitrogens with two attached hydrogens (primary N) is 1. The van der Waals surface area contributed by atoms with Crippen LogP contribution in [0.4, 0.5) is 0 Å². The van der Waals surface area contributed by atoms with E-state index in [0.717, 1.165) is 12.1 Å². The maximum Gasteiger partial charge on any atom is 0.339 e. The molecule has 94 valence electrons. The Morgan fingerprint density at radius 3 is 2.47 bits per heavy atom. The van der Waals surface area contributed by atoms with Gasteiger partial charge in [0.15, 0.2) is 0 Å². The van der Waals surface area contributed by atoms with Gasteiger partial charge in [-0.15, -0.1) is 0 Å². The molecule has 8 heteroatoms. The molecule has 1 aromatic carbocycles. The summed E-state index contributed by atoms with van der Waals surface area (Å²) in [5.41, 5.74) is -0.134. The van der Waals surface area contributed by atoms with Gasteiger partial charge >= 0.3 is 5.97 Å². The molecule has 0 atom stereocenters. The van der Waals surface area contributed by atoms with E-state index in [2.05, 4.69) is 0 Å². The predicted octanol–water partition coefficient (Wildman–Crippen LogP) is 1.82. The highest BCUT2D eigenvalue weighted by Gasteiger charge is 2.19. The Balaban J connectivity index is 3.40. The van der Waals surface area contributed by atoms with Crippen LogP contribution in [0, 0.1) is 0 Å². The summed E-state index contributed by atoms with van der Waals surface area (Å²) in [5, 5.41) is 4.78. The van der Waals surface area contributed by atoms with Crippen LogP contribution in [0.2, 0.25) is 10.0 Å².